The van der Waals surface area contributed by atoms with Crippen LogP contribution in [0.25, 0.3) is 34.4 Å². The van der Waals surface area contributed by atoms with Crippen molar-refractivity contribution in [1.29, 1.82) is 10.5 Å². The lowest BCUT2D eigenvalue weighted by atomic mass is 10.0. The van der Waals surface area contributed by atoms with Gasteiger partial charge in [0.15, 0.2) is 0 Å². The summed E-state index contributed by atoms with van der Waals surface area (Å²) in [5.74, 6) is -1.18. The minimum absolute atomic E-state index is 0.00399. The number of carbonyl (C=O) groups is 2. The minimum atomic E-state index is -0.591. The van der Waals surface area contributed by atoms with Gasteiger partial charge >= 0.3 is 11.9 Å². The molecule has 0 aliphatic carbocycles. The Morgan fingerprint density at radius 1 is 0.548 bits per heavy atom. The van der Waals surface area contributed by atoms with E-state index in [1.165, 1.54) is 12.2 Å². The summed E-state index contributed by atoms with van der Waals surface area (Å²) in [6, 6.07) is 39.1. The second kappa shape index (κ2) is 16.4. The Bertz CT molecular complexity index is 1480. The van der Waals surface area contributed by atoms with Gasteiger partial charge in [-0.3, -0.25) is 0 Å². The van der Waals surface area contributed by atoms with E-state index in [1.807, 2.05) is 121 Å². The van der Waals surface area contributed by atoms with Crippen molar-refractivity contribution in [3.05, 3.63) is 131 Å². The largest absolute Gasteiger partial charge is 0.462 e. The summed E-state index contributed by atoms with van der Waals surface area (Å²) >= 11 is 0. The molecule has 0 saturated carbocycles. The first-order valence-electron chi connectivity index (χ1n) is 13.4. The van der Waals surface area contributed by atoms with Crippen LogP contribution in [0.2, 0.25) is 0 Å². The van der Waals surface area contributed by atoms with E-state index in [9.17, 15) is 9.59 Å². The lowest BCUT2D eigenvalue weighted by molar-refractivity contribution is -0.138. The summed E-state index contributed by atoms with van der Waals surface area (Å²) in [6.07, 6.45) is 3.07. The molecular formula is C36H30N2O4. The third-order valence-electron chi connectivity index (χ3n) is 5.89. The number of esters is 2. The predicted octanol–water partition coefficient (Wildman–Crippen LogP) is 7.65. The van der Waals surface area contributed by atoms with Gasteiger partial charge in [-0.05, 0) is 59.4 Å². The van der Waals surface area contributed by atoms with Crippen LogP contribution in [0, 0.1) is 22.7 Å². The lowest BCUT2D eigenvalue weighted by Crippen LogP contribution is -2.05. The van der Waals surface area contributed by atoms with Crippen LogP contribution in [0.1, 0.15) is 25.0 Å². The first-order chi connectivity index (χ1) is 20.5. The van der Waals surface area contributed by atoms with E-state index in [-0.39, 0.29) is 24.4 Å². The summed E-state index contributed by atoms with van der Waals surface area (Å²) < 4.78 is 9.66. The monoisotopic (exact) mass is 554 g/mol. The zero-order valence-electron chi connectivity index (χ0n) is 23.5. The summed E-state index contributed by atoms with van der Waals surface area (Å²) in [6.45, 7) is 3.93. The normalized spacial score (nSPS) is 10.8. The van der Waals surface area contributed by atoms with Gasteiger partial charge in [0.25, 0.3) is 0 Å². The van der Waals surface area contributed by atoms with Gasteiger partial charge in [0.2, 0.25) is 0 Å². The molecule has 4 rings (SSSR count). The molecule has 0 fully saturated rings. The SMILES string of the molecule is CCOC(=O)/C(C#N)=C/c1ccc(-c2ccccc2)cc1.CCOC(=O)/C(C#N)=C/c1ccc(-c2ccccc2)cc1. The average molecular weight is 555 g/mol. The number of ether oxygens (including phenoxy) is 2. The molecule has 0 unspecified atom stereocenters. The Morgan fingerprint density at radius 3 is 1.14 bits per heavy atom. The highest BCUT2D eigenvalue weighted by Crippen LogP contribution is 2.21. The quantitative estimate of drug-likeness (QED) is 0.126. The van der Waals surface area contributed by atoms with Crippen LogP contribution in [0.4, 0.5) is 0 Å². The molecular weight excluding hydrogens is 524 g/mol. The summed E-state index contributed by atoms with van der Waals surface area (Å²) in [7, 11) is 0. The Hall–Kier alpha value is -5.72. The van der Waals surface area contributed by atoms with Crippen molar-refractivity contribution in [2.45, 2.75) is 13.8 Å². The van der Waals surface area contributed by atoms with Crippen molar-refractivity contribution in [2.24, 2.45) is 0 Å². The Labute approximate surface area is 246 Å². The van der Waals surface area contributed by atoms with Crippen LogP contribution in [0.3, 0.4) is 0 Å². The van der Waals surface area contributed by atoms with Crippen molar-refractivity contribution in [3.8, 4) is 34.4 Å². The van der Waals surface area contributed by atoms with E-state index in [1.54, 1.807) is 13.8 Å². The maximum atomic E-state index is 11.6. The van der Waals surface area contributed by atoms with Crippen LogP contribution in [-0.2, 0) is 19.1 Å². The van der Waals surface area contributed by atoms with Crippen molar-refractivity contribution in [2.75, 3.05) is 13.2 Å². The predicted molar refractivity (Wildman–Crippen MR) is 164 cm³/mol. The Morgan fingerprint density at radius 2 is 0.857 bits per heavy atom. The molecule has 0 N–H and O–H groups in total. The molecule has 4 aromatic carbocycles. The number of benzene rings is 4. The van der Waals surface area contributed by atoms with Crippen molar-refractivity contribution in [1.82, 2.24) is 0 Å². The zero-order chi connectivity index (χ0) is 30.2. The van der Waals surface area contributed by atoms with Crippen molar-refractivity contribution in [3.63, 3.8) is 0 Å². The highest BCUT2D eigenvalue weighted by Gasteiger charge is 2.10. The van der Waals surface area contributed by atoms with Crippen LogP contribution >= 0.6 is 0 Å². The third kappa shape index (κ3) is 9.19. The van der Waals surface area contributed by atoms with E-state index in [0.29, 0.717) is 0 Å². The number of carbonyl (C=O) groups excluding carboxylic acids is 2. The number of rotatable bonds is 8. The number of nitrogens with zero attached hydrogens (tertiary/aromatic N) is 2. The Kier molecular flexibility index (Phi) is 12.0. The molecule has 6 nitrogen and oxygen atoms in total. The summed E-state index contributed by atoms with van der Waals surface area (Å²) in [5.41, 5.74) is 6.01. The first kappa shape index (κ1) is 30.8. The van der Waals surface area contributed by atoms with Crippen molar-refractivity contribution >= 4 is 24.1 Å². The van der Waals surface area contributed by atoms with Gasteiger partial charge in [-0.1, -0.05) is 109 Å². The van der Waals surface area contributed by atoms with E-state index >= 15 is 0 Å². The molecule has 208 valence electrons. The van der Waals surface area contributed by atoms with Crippen LogP contribution in [-0.4, -0.2) is 25.2 Å². The molecule has 0 aliphatic heterocycles. The fourth-order valence-electron chi connectivity index (χ4n) is 3.83. The fraction of sp³-hybridized carbons (Fsp3) is 0.111. The van der Waals surface area contributed by atoms with Crippen LogP contribution in [0.5, 0.6) is 0 Å². The highest BCUT2D eigenvalue weighted by molar-refractivity contribution is 5.98. The molecule has 0 saturated heterocycles. The molecule has 0 amide bonds. The molecule has 6 heteroatoms. The van der Waals surface area contributed by atoms with Crippen LogP contribution < -0.4 is 0 Å². The molecule has 0 atom stereocenters. The van der Waals surface area contributed by atoms with E-state index in [0.717, 1.165) is 33.4 Å². The molecule has 0 spiro atoms. The van der Waals surface area contributed by atoms with Crippen molar-refractivity contribution < 1.29 is 19.1 Å². The molecule has 0 radical (unpaired) electrons. The minimum Gasteiger partial charge on any atom is -0.462 e. The second-order valence-electron chi connectivity index (χ2n) is 8.76. The van der Waals surface area contributed by atoms with Gasteiger partial charge in [0.05, 0.1) is 13.2 Å². The molecule has 4 aromatic rings. The smallest absolute Gasteiger partial charge is 0.348 e. The third-order valence-corrected chi connectivity index (χ3v) is 5.89. The molecule has 42 heavy (non-hydrogen) atoms. The van der Waals surface area contributed by atoms with E-state index in [4.69, 9.17) is 20.0 Å². The summed E-state index contributed by atoms with van der Waals surface area (Å²) in [4.78, 5) is 23.1. The number of hydrogen-bond acceptors (Lipinski definition) is 6. The first-order valence-corrected chi connectivity index (χ1v) is 13.4. The maximum Gasteiger partial charge on any atom is 0.348 e. The topological polar surface area (TPSA) is 100 Å². The van der Waals surface area contributed by atoms with E-state index in [2.05, 4.69) is 0 Å². The van der Waals surface area contributed by atoms with Crippen LogP contribution in [0.15, 0.2) is 120 Å². The van der Waals surface area contributed by atoms with Gasteiger partial charge < -0.3 is 9.47 Å². The lowest BCUT2D eigenvalue weighted by Gasteiger charge is -2.03. The maximum absolute atomic E-state index is 11.6. The zero-order valence-corrected chi connectivity index (χ0v) is 23.5. The van der Waals surface area contributed by atoms with Gasteiger partial charge in [-0.2, -0.15) is 10.5 Å². The summed E-state index contributed by atoms with van der Waals surface area (Å²) in [5, 5.41) is 18.0. The fourth-order valence-corrected chi connectivity index (χ4v) is 3.83. The second-order valence-corrected chi connectivity index (χ2v) is 8.76. The standard InChI is InChI=1S/2C18H15NO2/c2*1-2-21-18(20)17(13-19)12-14-8-10-16(11-9-14)15-6-4-3-5-7-15/h2*3-12H,2H2,1H3/b2*17-12+. The molecule has 0 bridgehead atoms. The number of nitriles is 2. The molecule has 0 aromatic heterocycles. The highest BCUT2D eigenvalue weighted by atomic mass is 16.5. The average Bonchev–Trinajstić information content (AvgIpc) is 3.04. The van der Waals surface area contributed by atoms with Gasteiger partial charge in [0.1, 0.15) is 23.3 Å². The van der Waals surface area contributed by atoms with Gasteiger partial charge in [0, 0.05) is 0 Å². The van der Waals surface area contributed by atoms with E-state index < -0.39 is 11.9 Å². The molecule has 0 aliphatic rings. The Balaban J connectivity index is 0.000000230. The van der Waals surface area contributed by atoms with Gasteiger partial charge in [-0.15, -0.1) is 0 Å². The molecule has 0 heterocycles. The number of hydrogen-bond donors (Lipinski definition) is 0. The van der Waals surface area contributed by atoms with Gasteiger partial charge in [-0.25, -0.2) is 9.59 Å².